The molecule has 3 heterocycles. The number of fused-ring (bicyclic) bond motifs is 1. The van der Waals surface area contributed by atoms with Crippen LogP contribution < -0.4 is 5.32 Å². The molecule has 4 rings (SSSR count). The van der Waals surface area contributed by atoms with E-state index < -0.39 is 23.8 Å². The van der Waals surface area contributed by atoms with Crippen LogP contribution in [-0.2, 0) is 22.3 Å². The van der Waals surface area contributed by atoms with E-state index in [1.165, 1.54) is 11.0 Å². The molecule has 1 aromatic carbocycles. The van der Waals surface area contributed by atoms with Crippen molar-refractivity contribution < 1.29 is 27.6 Å². The van der Waals surface area contributed by atoms with E-state index in [-0.39, 0.29) is 31.2 Å². The molecule has 9 heteroatoms. The number of nitrogens with one attached hydrogen (secondary N) is 1. The fourth-order valence-corrected chi connectivity index (χ4v) is 3.49. The first kappa shape index (κ1) is 18.1. The van der Waals surface area contributed by atoms with Crippen LogP contribution in [0.3, 0.4) is 0 Å². The minimum atomic E-state index is -4.51. The molecular formula is C19H14F3N3O3. The SMILES string of the molecule is O=C1CCC(N2Cc3cc(-c4ccc(C(F)(F)F)nc4)ccc3C2=O)C(=O)N1. The summed E-state index contributed by atoms with van der Waals surface area (Å²) in [5.41, 5.74) is 1.25. The second-order valence-electron chi connectivity index (χ2n) is 6.70. The highest BCUT2D eigenvalue weighted by Crippen LogP contribution is 2.32. The Balaban J connectivity index is 1.59. The van der Waals surface area contributed by atoms with Crippen molar-refractivity contribution in [3.63, 3.8) is 0 Å². The first-order chi connectivity index (χ1) is 13.2. The summed E-state index contributed by atoms with van der Waals surface area (Å²) in [7, 11) is 0. The molecule has 0 bridgehead atoms. The van der Waals surface area contributed by atoms with Crippen molar-refractivity contribution in [1.29, 1.82) is 0 Å². The number of piperidine rings is 1. The number of benzene rings is 1. The zero-order chi connectivity index (χ0) is 20.1. The van der Waals surface area contributed by atoms with Crippen LogP contribution in [0.1, 0.15) is 34.5 Å². The summed E-state index contributed by atoms with van der Waals surface area (Å²) in [6.07, 6.45) is -2.94. The zero-order valence-electron chi connectivity index (χ0n) is 14.4. The molecule has 28 heavy (non-hydrogen) atoms. The van der Waals surface area contributed by atoms with Gasteiger partial charge in [-0.25, -0.2) is 0 Å². The summed E-state index contributed by atoms with van der Waals surface area (Å²) < 4.78 is 38.0. The standard InChI is InChI=1S/C19H14F3N3O3/c20-19(21,22)15-5-2-11(8-23-15)10-1-3-13-12(7-10)9-25(18(13)28)14-4-6-16(26)24-17(14)27/h1-3,5,7-8,14H,4,6,9H2,(H,24,26,27). The smallest absolute Gasteiger partial charge is 0.322 e. The number of carbonyl (C=O) groups is 3. The Morgan fingerprint density at radius 1 is 1.07 bits per heavy atom. The minimum absolute atomic E-state index is 0.166. The van der Waals surface area contributed by atoms with Gasteiger partial charge in [-0.3, -0.25) is 24.7 Å². The maximum absolute atomic E-state index is 12.7. The quantitative estimate of drug-likeness (QED) is 0.801. The highest BCUT2D eigenvalue weighted by Gasteiger charge is 2.39. The van der Waals surface area contributed by atoms with Gasteiger partial charge >= 0.3 is 6.18 Å². The number of hydrogen-bond acceptors (Lipinski definition) is 4. The van der Waals surface area contributed by atoms with Gasteiger partial charge in [0.25, 0.3) is 5.91 Å². The Bertz CT molecular complexity index is 986. The molecule has 6 nitrogen and oxygen atoms in total. The molecule has 1 atom stereocenters. The van der Waals surface area contributed by atoms with Gasteiger partial charge in [0.15, 0.2) is 0 Å². The van der Waals surface area contributed by atoms with Crippen LogP contribution in [0.25, 0.3) is 11.1 Å². The summed E-state index contributed by atoms with van der Waals surface area (Å²) in [5.74, 6) is -1.16. The molecule has 0 spiro atoms. The first-order valence-corrected chi connectivity index (χ1v) is 8.55. The van der Waals surface area contributed by atoms with Gasteiger partial charge in [-0.15, -0.1) is 0 Å². The van der Waals surface area contributed by atoms with Crippen molar-refractivity contribution in [2.75, 3.05) is 0 Å². The van der Waals surface area contributed by atoms with E-state index in [4.69, 9.17) is 0 Å². The van der Waals surface area contributed by atoms with Gasteiger partial charge in [-0.05, 0) is 35.7 Å². The number of imide groups is 1. The van der Waals surface area contributed by atoms with E-state index in [0.29, 0.717) is 22.3 Å². The Kier molecular flexibility index (Phi) is 4.17. The number of nitrogens with zero attached hydrogens (tertiary/aromatic N) is 2. The molecule has 1 unspecified atom stereocenters. The Morgan fingerprint density at radius 3 is 2.46 bits per heavy atom. The van der Waals surface area contributed by atoms with Crippen molar-refractivity contribution in [3.05, 3.63) is 53.3 Å². The molecule has 2 aliphatic heterocycles. The van der Waals surface area contributed by atoms with E-state index in [2.05, 4.69) is 10.3 Å². The third-order valence-corrected chi connectivity index (χ3v) is 4.91. The molecule has 3 amide bonds. The van der Waals surface area contributed by atoms with Crippen LogP contribution >= 0.6 is 0 Å². The fraction of sp³-hybridized carbons (Fsp3) is 0.263. The van der Waals surface area contributed by atoms with Crippen LogP contribution in [0, 0.1) is 0 Å². The van der Waals surface area contributed by atoms with E-state index in [1.807, 2.05) is 0 Å². The lowest BCUT2D eigenvalue weighted by Crippen LogP contribution is -2.52. The van der Waals surface area contributed by atoms with Crippen LogP contribution in [-0.4, -0.2) is 33.6 Å². The number of carbonyl (C=O) groups excluding carboxylic acids is 3. The zero-order valence-corrected chi connectivity index (χ0v) is 14.4. The van der Waals surface area contributed by atoms with Crippen molar-refractivity contribution in [2.24, 2.45) is 0 Å². The topological polar surface area (TPSA) is 79.4 Å². The average molecular weight is 389 g/mol. The predicted octanol–water partition coefficient (Wildman–Crippen LogP) is 2.53. The second kappa shape index (κ2) is 6.43. The molecule has 1 aromatic heterocycles. The van der Waals surface area contributed by atoms with Gasteiger partial charge in [0.2, 0.25) is 11.8 Å². The normalized spacial score (nSPS) is 19.6. The predicted molar refractivity (Wildman–Crippen MR) is 90.7 cm³/mol. The molecule has 2 aliphatic rings. The van der Waals surface area contributed by atoms with E-state index >= 15 is 0 Å². The highest BCUT2D eigenvalue weighted by molar-refractivity contribution is 6.05. The molecule has 0 saturated carbocycles. The summed E-state index contributed by atoms with van der Waals surface area (Å²) in [4.78, 5) is 40.9. The summed E-state index contributed by atoms with van der Waals surface area (Å²) in [6.45, 7) is 0.197. The van der Waals surface area contributed by atoms with Crippen LogP contribution in [0.4, 0.5) is 13.2 Å². The monoisotopic (exact) mass is 389 g/mol. The van der Waals surface area contributed by atoms with Crippen molar-refractivity contribution in [1.82, 2.24) is 15.2 Å². The number of amides is 3. The van der Waals surface area contributed by atoms with Crippen LogP contribution in [0.2, 0.25) is 0 Å². The van der Waals surface area contributed by atoms with Crippen LogP contribution in [0.5, 0.6) is 0 Å². The average Bonchev–Trinajstić information content (AvgIpc) is 2.97. The lowest BCUT2D eigenvalue weighted by molar-refractivity contribution is -0.141. The molecule has 1 saturated heterocycles. The largest absolute Gasteiger partial charge is 0.433 e. The summed E-state index contributed by atoms with van der Waals surface area (Å²) >= 11 is 0. The Hall–Kier alpha value is -3.23. The lowest BCUT2D eigenvalue weighted by atomic mass is 10.0. The second-order valence-corrected chi connectivity index (χ2v) is 6.70. The Labute approximate surface area is 157 Å². The van der Waals surface area contributed by atoms with Gasteiger partial charge in [0.05, 0.1) is 0 Å². The summed E-state index contributed by atoms with van der Waals surface area (Å²) in [6, 6.07) is 6.46. The van der Waals surface area contributed by atoms with Gasteiger partial charge < -0.3 is 4.90 Å². The molecule has 0 radical (unpaired) electrons. The molecule has 1 fully saturated rings. The summed E-state index contributed by atoms with van der Waals surface area (Å²) in [5, 5.41) is 2.24. The maximum atomic E-state index is 12.7. The minimum Gasteiger partial charge on any atom is -0.322 e. The van der Waals surface area contributed by atoms with Crippen molar-refractivity contribution in [3.8, 4) is 11.1 Å². The van der Waals surface area contributed by atoms with E-state index in [0.717, 1.165) is 12.3 Å². The molecule has 144 valence electrons. The number of hydrogen-bond donors (Lipinski definition) is 1. The maximum Gasteiger partial charge on any atom is 0.433 e. The lowest BCUT2D eigenvalue weighted by Gasteiger charge is -2.29. The van der Waals surface area contributed by atoms with Gasteiger partial charge in [-0.2, -0.15) is 13.2 Å². The fourth-order valence-electron chi connectivity index (χ4n) is 3.49. The third-order valence-electron chi connectivity index (χ3n) is 4.91. The van der Waals surface area contributed by atoms with Crippen LogP contribution in [0.15, 0.2) is 36.5 Å². The Morgan fingerprint density at radius 2 is 1.82 bits per heavy atom. The number of pyridine rings is 1. The number of rotatable bonds is 2. The highest BCUT2D eigenvalue weighted by atomic mass is 19.4. The van der Waals surface area contributed by atoms with Gasteiger partial charge in [-0.1, -0.05) is 12.1 Å². The van der Waals surface area contributed by atoms with Gasteiger partial charge in [0.1, 0.15) is 11.7 Å². The van der Waals surface area contributed by atoms with Crippen molar-refractivity contribution >= 4 is 17.7 Å². The van der Waals surface area contributed by atoms with Gasteiger partial charge in [0, 0.05) is 30.3 Å². The number of aromatic nitrogens is 1. The van der Waals surface area contributed by atoms with Crippen molar-refractivity contribution in [2.45, 2.75) is 31.6 Å². The number of halogens is 3. The molecule has 0 aliphatic carbocycles. The molecular weight excluding hydrogens is 375 g/mol. The molecule has 1 N–H and O–H groups in total. The first-order valence-electron chi connectivity index (χ1n) is 8.55. The number of alkyl halides is 3. The van der Waals surface area contributed by atoms with E-state index in [1.54, 1.807) is 18.2 Å². The third kappa shape index (κ3) is 3.12. The van der Waals surface area contributed by atoms with E-state index in [9.17, 15) is 27.6 Å². The molecule has 2 aromatic rings.